The zero-order chi connectivity index (χ0) is 13.2. The third kappa shape index (κ3) is 2.91. The Labute approximate surface area is 109 Å². The van der Waals surface area contributed by atoms with Gasteiger partial charge in [0.05, 0.1) is 6.10 Å². The summed E-state index contributed by atoms with van der Waals surface area (Å²) in [5.41, 5.74) is 0.0780. The van der Waals surface area contributed by atoms with Gasteiger partial charge >= 0.3 is 0 Å². The first-order valence-corrected chi connectivity index (χ1v) is 7.06. The van der Waals surface area contributed by atoms with Crippen molar-refractivity contribution in [2.45, 2.75) is 65.5 Å². The molecule has 4 nitrogen and oxygen atoms in total. The molecule has 0 saturated heterocycles. The SMILES string of the molecule is CC(C)Cn1ncnc1CC(O)C1(C)CCCC1. The maximum atomic E-state index is 10.5. The molecule has 0 radical (unpaired) electrons. The molecule has 4 heteroatoms. The van der Waals surface area contributed by atoms with E-state index in [9.17, 15) is 5.11 Å². The summed E-state index contributed by atoms with van der Waals surface area (Å²) in [6.45, 7) is 7.41. The molecule has 1 aromatic rings. The van der Waals surface area contributed by atoms with Crippen molar-refractivity contribution in [1.82, 2.24) is 14.8 Å². The second-order valence-electron chi connectivity index (χ2n) is 6.33. The van der Waals surface area contributed by atoms with E-state index in [0.717, 1.165) is 25.2 Å². The van der Waals surface area contributed by atoms with Crippen LogP contribution in [-0.4, -0.2) is 26.0 Å². The van der Waals surface area contributed by atoms with Crippen molar-refractivity contribution in [2.24, 2.45) is 11.3 Å². The predicted molar refractivity (Wildman–Crippen MR) is 71.1 cm³/mol. The van der Waals surface area contributed by atoms with Gasteiger partial charge in [-0.05, 0) is 24.2 Å². The van der Waals surface area contributed by atoms with E-state index < -0.39 is 0 Å². The molecule has 0 amide bonds. The molecule has 1 fully saturated rings. The molecule has 1 aromatic heterocycles. The Balaban J connectivity index is 2.02. The highest BCUT2D eigenvalue weighted by atomic mass is 16.3. The van der Waals surface area contributed by atoms with Gasteiger partial charge in [0, 0.05) is 13.0 Å². The maximum absolute atomic E-state index is 10.5. The van der Waals surface area contributed by atoms with Gasteiger partial charge in [0.15, 0.2) is 0 Å². The van der Waals surface area contributed by atoms with Crippen LogP contribution in [0.1, 0.15) is 52.3 Å². The lowest BCUT2D eigenvalue weighted by atomic mass is 9.81. The van der Waals surface area contributed by atoms with Crippen LogP contribution in [0.3, 0.4) is 0 Å². The Morgan fingerprint density at radius 2 is 2.06 bits per heavy atom. The summed E-state index contributed by atoms with van der Waals surface area (Å²) in [7, 11) is 0. The molecule has 1 aliphatic carbocycles. The van der Waals surface area contributed by atoms with E-state index in [2.05, 4.69) is 30.9 Å². The number of nitrogens with zero attached hydrogens (tertiary/aromatic N) is 3. The molecule has 2 rings (SSSR count). The Morgan fingerprint density at radius 3 is 2.67 bits per heavy atom. The standard InChI is InChI=1S/C14H25N3O/c1-11(2)9-17-13(15-10-16-17)8-12(18)14(3)6-4-5-7-14/h10-12,18H,4-9H2,1-3H3. The molecule has 102 valence electrons. The molecular formula is C14H25N3O. The minimum Gasteiger partial charge on any atom is -0.392 e. The molecule has 1 saturated carbocycles. The minimum absolute atomic E-state index is 0.0780. The van der Waals surface area contributed by atoms with E-state index >= 15 is 0 Å². The Kier molecular flexibility index (Phi) is 4.05. The van der Waals surface area contributed by atoms with Crippen LogP contribution >= 0.6 is 0 Å². The van der Waals surface area contributed by atoms with Gasteiger partial charge in [0.25, 0.3) is 0 Å². The molecule has 0 aliphatic heterocycles. The monoisotopic (exact) mass is 251 g/mol. The zero-order valence-electron chi connectivity index (χ0n) is 11.8. The first-order chi connectivity index (χ1) is 8.51. The molecule has 1 heterocycles. The average molecular weight is 251 g/mol. The molecule has 18 heavy (non-hydrogen) atoms. The van der Waals surface area contributed by atoms with E-state index in [1.807, 2.05) is 4.68 Å². The Hall–Kier alpha value is -0.900. The highest BCUT2D eigenvalue weighted by Gasteiger charge is 2.36. The van der Waals surface area contributed by atoms with E-state index in [4.69, 9.17) is 0 Å². The van der Waals surface area contributed by atoms with Gasteiger partial charge in [0.1, 0.15) is 12.2 Å². The van der Waals surface area contributed by atoms with Crippen LogP contribution < -0.4 is 0 Å². The summed E-state index contributed by atoms with van der Waals surface area (Å²) in [5, 5.41) is 14.7. The van der Waals surface area contributed by atoms with Gasteiger partial charge in [-0.15, -0.1) is 0 Å². The summed E-state index contributed by atoms with van der Waals surface area (Å²) in [6, 6.07) is 0. The topological polar surface area (TPSA) is 50.9 Å². The number of aliphatic hydroxyl groups excluding tert-OH is 1. The third-order valence-electron chi connectivity index (χ3n) is 4.16. The molecular weight excluding hydrogens is 226 g/mol. The minimum atomic E-state index is -0.296. The van der Waals surface area contributed by atoms with Crippen molar-refractivity contribution in [3.63, 3.8) is 0 Å². The molecule has 0 spiro atoms. The second kappa shape index (κ2) is 5.39. The van der Waals surface area contributed by atoms with Crippen molar-refractivity contribution in [1.29, 1.82) is 0 Å². The van der Waals surface area contributed by atoms with Crippen molar-refractivity contribution in [3.05, 3.63) is 12.2 Å². The number of aromatic nitrogens is 3. The summed E-state index contributed by atoms with van der Waals surface area (Å²) in [4.78, 5) is 4.30. The van der Waals surface area contributed by atoms with Crippen LogP contribution in [0.2, 0.25) is 0 Å². The summed E-state index contributed by atoms with van der Waals surface area (Å²) < 4.78 is 1.94. The van der Waals surface area contributed by atoms with Gasteiger partial charge < -0.3 is 5.11 Å². The van der Waals surface area contributed by atoms with E-state index in [0.29, 0.717) is 12.3 Å². The summed E-state index contributed by atoms with van der Waals surface area (Å²) in [6.07, 6.45) is 6.68. The largest absolute Gasteiger partial charge is 0.392 e. The fraction of sp³-hybridized carbons (Fsp3) is 0.857. The molecule has 1 aliphatic rings. The zero-order valence-corrected chi connectivity index (χ0v) is 11.8. The van der Waals surface area contributed by atoms with Gasteiger partial charge in [-0.2, -0.15) is 5.10 Å². The molecule has 0 bridgehead atoms. The number of hydrogen-bond donors (Lipinski definition) is 1. The smallest absolute Gasteiger partial charge is 0.138 e. The third-order valence-corrected chi connectivity index (χ3v) is 4.16. The Morgan fingerprint density at radius 1 is 1.39 bits per heavy atom. The number of rotatable bonds is 5. The fourth-order valence-electron chi connectivity index (χ4n) is 2.88. The molecule has 1 atom stereocenters. The van der Waals surface area contributed by atoms with Gasteiger partial charge in [0.2, 0.25) is 0 Å². The lowest BCUT2D eigenvalue weighted by Gasteiger charge is -2.29. The molecule has 0 aromatic carbocycles. The first kappa shape index (κ1) is 13.5. The predicted octanol–water partition coefficient (Wildman–Crippen LogP) is 2.42. The maximum Gasteiger partial charge on any atom is 0.138 e. The van der Waals surface area contributed by atoms with E-state index in [1.165, 1.54) is 12.8 Å². The summed E-state index contributed by atoms with van der Waals surface area (Å²) in [5.74, 6) is 1.47. The van der Waals surface area contributed by atoms with Crippen LogP contribution in [0.5, 0.6) is 0 Å². The lowest BCUT2D eigenvalue weighted by Crippen LogP contribution is -2.32. The van der Waals surface area contributed by atoms with Crippen LogP contribution in [0.4, 0.5) is 0 Å². The fourth-order valence-corrected chi connectivity index (χ4v) is 2.88. The van der Waals surface area contributed by atoms with Crippen LogP contribution in [-0.2, 0) is 13.0 Å². The van der Waals surface area contributed by atoms with Crippen LogP contribution in [0, 0.1) is 11.3 Å². The van der Waals surface area contributed by atoms with Crippen molar-refractivity contribution in [3.8, 4) is 0 Å². The average Bonchev–Trinajstić information content (AvgIpc) is 2.89. The molecule has 1 N–H and O–H groups in total. The number of hydrogen-bond acceptors (Lipinski definition) is 3. The van der Waals surface area contributed by atoms with Crippen molar-refractivity contribution >= 4 is 0 Å². The van der Waals surface area contributed by atoms with E-state index in [-0.39, 0.29) is 11.5 Å². The quantitative estimate of drug-likeness (QED) is 0.874. The van der Waals surface area contributed by atoms with Crippen LogP contribution in [0.25, 0.3) is 0 Å². The normalized spacial score (nSPS) is 20.5. The first-order valence-electron chi connectivity index (χ1n) is 7.06. The number of aliphatic hydroxyl groups is 1. The van der Waals surface area contributed by atoms with Gasteiger partial charge in [-0.25, -0.2) is 9.67 Å². The Bertz CT molecular complexity index is 380. The van der Waals surface area contributed by atoms with E-state index in [1.54, 1.807) is 6.33 Å². The van der Waals surface area contributed by atoms with Crippen molar-refractivity contribution in [2.75, 3.05) is 0 Å². The van der Waals surface area contributed by atoms with Crippen LogP contribution in [0.15, 0.2) is 6.33 Å². The highest BCUT2D eigenvalue weighted by Crippen LogP contribution is 2.41. The van der Waals surface area contributed by atoms with Crippen molar-refractivity contribution < 1.29 is 5.11 Å². The second-order valence-corrected chi connectivity index (χ2v) is 6.33. The molecule has 1 unspecified atom stereocenters. The lowest BCUT2D eigenvalue weighted by molar-refractivity contribution is 0.0398. The summed E-state index contributed by atoms with van der Waals surface area (Å²) >= 11 is 0. The van der Waals surface area contributed by atoms with Gasteiger partial charge in [-0.3, -0.25) is 0 Å². The van der Waals surface area contributed by atoms with Gasteiger partial charge in [-0.1, -0.05) is 33.6 Å². The highest BCUT2D eigenvalue weighted by molar-refractivity contribution is 4.95.